The standard InChI is InChI=1S/C13H14N4O/c18-13(11-3-1-2-6-14-11)16-10-4-5-12-15-7-8-17(12)9-10/h1-3,6-8,10H,4-5,9H2,(H,16,18). The number of imidazole rings is 1. The topological polar surface area (TPSA) is 59.8 Å². The second kappa shape index (κ2) is 4.60. The van der Waals surface area contributed by atoms with Crippen LogP contribution in [0.5, 0.6) is 0 Å². The molecule has 0 aliphatic carbocycles. The lowest BCUT2D eigenvalue weighted by Gasteiger charge is -2.24. The van der Waals surface area contributed by atoms with Gasteiger partial charge in [0.15, 0.2) is 0 Å². The lowest BCUT2D eigenvalue weighted by Crippen LogP contribution is -2.41. The number of nitrogens with zero attached hydrogens (tertiary/aromatic N) is 3. The average molecular weight is 242 g/mol. The summed E-state index contributed by atoms with van der Waals surface area (Å²) in [5, 5.41) is 3.02. The van der Waals surface area contributed by atoms with Crippen LogP contribution in [0.2, 0.25) is 0 Å². The number of carbonyl (C=O) groups is 1. The number of hydrogen-bond acceptors (Lipinski definition) is 3. The molecule has 3 heterocycles. The fraction of sp³-hybridized carbons (Fsp3) is 0.308. The van der Waals surface area contributed by atoms with E-state index in [2.05, 4.69) is 19.9 Å². The summed E-state index contributed by atoms with van der Waals surface area (Å²) >= 11 is 0. The van der Waals surface area contributed by atoms with Crippen LogP contribution in [0.25, 0.3) is 0 Å². The van der Waals surface area contributed by atoms with E-state index in [-0.39, 0.29) is 11.9 Å². The SMILES string of the molecule is O=C(NC1CCc2nccn2C1)c1ccccn1. The van der Waals surface area contributed by atoms with E-state index in [1.807, 2.05) is 12.3 Å². The lowest BCUT2D eigenvalue weighted by atomic mass is 10.1. The van der Waals surface area contributed by atoms with Crippen LogP contribution in [-0.4, -0.2) is 26.5 Å². The van der Waals surface area contributed by atoms with Crippen molar-refractivity contribution in [2.45, 2.75) is 25.4 Å². The fourth-order valence-electron chi connectivity index (χ4n) is 2.24. The van der Waals surface area contributed by atoms with Crippen molar-refractivity contribution in [2.24, 2.45) is 0 Å². The Morgan fingerprint density at radius 1 is 1.33 bits per heavy atom. The normalized spacial score (nSPS) is 18.1. The number of amides is 1. The van der Waals surface area contributed by atoms with Crippen molar-refractivity contribution in [1.29, 1.82) is 0 Å². The molecule has 1 atom stereocenters. The molecule has 92 valence electrons. The summed E-state index contributed by atoms with van der Waals surface area (Å²) in [6.07, 6.45) is 7.21. The van der Waals surface area contributed by atoms with Gasteiger partial charge in [-0.15, -0.1) is 0 Å². The number of carbonyl (C=O) groups excluding carboxylic acids is 1. The maximum atomic E-state index is 12.0. The smallest absolute Gasteiger partial charge is 0.270 e. The van der Waals surface area contributed by atoms with E-state index in [9.17, 15) is 4.79 Å². The molecular formula is C13H14N4O. The van der Waals surface area contributed by atoms with E-state index >= 15 is 0 Å². The third-order valence-corrected chi connectivity index (χ3v) is 3.17. The molecule has 0 radical (unpaired) electrons. The number of hydrogen-bond donors (Lipinski definition) is 1. The first kappa shape index (κ1) is 11.0. The van der Waals surface area contributed by atoms with Gasteiger partial charge in [0.05, 0.1) is 0 Å². The zero-order valence-electron chi connectivity index (χ0n) is 9.91. The summed E-state index contributed by atoms with van der Waals surface area (Å²) in [6, 6.07) is 5.49. The number of aromatic nitrogens is 3. The molecule has 1 N–H and O–H groups in total. The van der Waals surface area contributed by atoms with E-state index in [0.29, 0.717) is 5.69 Å². The van der Waals surface area contributed by atoms with Gasteiger partial charge in [0, 0.05) is 37.6 Å². The van der Waals surface area contributed by atoms with Gasteiger partial charge in [-0.25, -0.2) is 4.98 Å². The summed E-state index contributed by atoms with van der Waals surface area (Å²) in [7, 11) is 0. The molecule has 0 fully saturated rings. The average Bonchev–Trinajstić information content (AvgIpc) is 2.87. The van der Waals surface area contributed by atoms with Crippen LogP contribution in [0.4, 0.5) is 0 Å². The van der Waals surface area contributed by atoms with Crippen LogP contribution in [0.1, 0.15) is 22.7 Å². The van der Waals surface area contributed by atoms with Crippen LogP contribution in [-0.2, 0) is 13.0 Å². The number of fused-ring (bicyclic) bond motifs is 1. The third-order valence-electron chi connectivity index (χ3n) is 3.17. The molecule has 1 aliphatic rings. The van der Waals surface area contributed by atoms with Gasteiger partial charge in [0.2, 0.25) is 0 Å². The van der Waals surface area contributed by atoms with Crippen molar-refractivity contribution in [3.8, 4) is 0 Å². The highest BCUT2D eigenvalue weighted by molar-refractivity contribution is 5.92. The molecule has 0 saturated carbocycles. The number of pyridine rings is 1. The monoisotopic (exact) mass is 242 g/mol. The van der Waals surface area contributed by atoms with Crippen molar-refractivity contribution < 1.29 is 4.79 Å². The molecule has 2 aromatic rings. The molecule has 1 aliphatic heterocycles. The highest BCUT2D eigenvalue weighted by atomic mass is 16.1. The maximum Gasteiger partial charge on any atom is 0.270 e. The van der Waals surface area contributed by atoms with Crippen LogP contribution in [0, 0.1) is 0 Å². The van der Waals surface area contributed by atoms with E-state index in [1.54, 1.807) is 24.5 Å². The molecule has 0 spiro atoms. The van der Waals surface area contributed by atoms with Crippen LogP contribution in [0.3, 0.4) is 0 Å². The Morgan fingerprint density at radius 2 is 2.28 bits per heavy atom. The van der Waals surface area contributed by atoms with E-state index in [1.165, 1.54) is 0 Å². The minimum Gasteiger partial charge on any atom is -0.346 e. The Morgan fingerprint density at radius 3 is 3.11 bits per heavy atom. The van der Waals surface area contributed by atoms with Gasteiger partial charge < -0.3 is 9.88 Å². The van der Waals surface area contributed by atoms with Crippen molar-refractivity contribution >= 4 is 5.91 Å². The fourth-order valence-corrected chi connectivity index (χ4v) is 2.24. The van der Waals surface area contributed by atoms with Gasteiger partial charge in [0.1, 0.15) is 11.5 Å². The van der Waals surface area contributed by atoms with Gasteiger partial charge in [-0.1, -0.05) is 6.07 Å². The maximum absolute atomic E-state index is 12.0. The third kappa shape index (κ3) is 2.11. The van der Waals surface area contributed by atoms with E-state index in [4.69, 9.17) is 0 Å². The first-order valence-corrected chi connectivity index (χ1v) is 6.05. The van der Waals surface area contributed by atoms with Gasteiger partial charge in [0.25, 0.3) is 5.91 Å². The molecule has 2 aromatic heterocycles. The summed E-state index contributed by atoms with van der Waals surface area (Å²) < 4.78 is 2.09. The predicted molar refractivity (Wildman–Crippen MR) is 66.0 cm³/mol. The second-order valence-electron chi connectivity index (χ2n) is 4.42. The Bertz CT molecular complexity index is 549. The largest absolute Gasteiger partial charge is 0.346 e. The number of rotatable bonds is 2. The molecule has 0 bridgehead atoms. The summed E-state index contributed by atoms with van der Waals surface area (Å²) in [5.41, 5.74) is 0.467. The van der Waals surface area contributed by atoms with Gasteiger partial charge >= 0.3 is 0 Å². The van der Waals surface area contributed by atoms with Gasteiger partial charge in [-0.2, -0.15) is 0 Å². The van der Waals surface area contributed by atoms with Crippen LogP contribution < -0.4 is 5.32 Å². The summed E-state index contributed by atoms with van der Waals surface area (Å²) in [5.74, 6) is 0.988. The summed E-state index contributed by atoms with van der Waals surface area (Å²) in [4.78, 5) is 20.3. The first-order valence-electron chi connectivity index (χ1n) is 6.05. The van der Waals surface area contributed by atoms with E-state index in [0.717, 1.165) is 25.2 Å². The Balaban J connectivity index is 1.67. The number of nitrogens with one attached hydrogen (secondary N) is 1. The van der Waals surface area contributed by atoms with E-state index < -0.39 is 0 Å². The van der Waals surface area contributed by atoms with Crippen molar-refractivity contribution in [1.82, 2.24) is 19.9 Å². The molecule has 5 heteroatoms. The zero-order valence-corrected chi connectivity index (χ0v) is 9.91. The molecule has 5 nitrogen and oxygen atoms in total. The second-order valence-corrected chi connectivity index (χ2v) is 4.42. The molecule has 18 heavy (non-hydrogen) atoms. The molecule has 1 amide bonds. The molecule has 3 rings (SSSR count). The minimum absolute atomic E-state index is 0.107. The van der Waals surface area contributed by atoms with Crippen molar-refractivity contribution in [3.63, 3.8) is 0 Å². The zero-order chi connectivity index (χ0) is 12.4. The molecular weight excluding hydrogens is 228 g/mol. The minimum atomic E-state index is -0.107. The molecule has 0 aromatic carbocycles. The number of aryl methyl sites for hydroxylation is 1. The Labute approximate surface area is 105 Å². The van der Waals surface area contributed by atoms with Gasteiger partial charge in [-0.3, -0.25) is 9.78 Å². The predicted octanol–water partition coefficient (Wildman–Crippen LogP) is 1.02. The quantitative estimate of drug-likeness (QED) is 0.855. The molecule has 0 saturated heterocycles. The van der Waals surface area contributed by atoms with Crippen molar-refractivity contribution in [2.75, 3.05) is 0 Å². The van der Waals surface area contributed by atoms with Crippen molar-refractivity contribution in [3.05, 3.63) is 48.3 Å². The van der Waals surface area contributed by atoms with Gasteiger partial charge in [-0.05, 0) is 18.6 Å². The highest BCUT2D eigenvalue weighted by Crippen LogP contribution is 2.13. The molecule has 1 unspecified atom stereocenters. The highest BCUT2D eigenvalue weighted by Gasteiger charge is 2.20. The summed E-state index contributed by atoms with van der Waals surface area (Å²) in [6.45, 7) is 0.786. The van der Waals surface area contributed by atoms with Crippen LogP contribution in [0.15, 0.2) is 36.8 Å². The van der Waals surface area contributed by atoms with Crippen LogP contribution >= 0.6 is 0 Å². The first-order chi connectivity index (χ1) is 8.83. The lowest BCUT2D eigenvalue weighted by molar-refractivity contribution is 0.0922. The Kier molecular flexibility index (Phi) is 2.80. The Hall–Kier alpha value is -2.17.